The van der Waals surface area contributed by atoms with Crippen molar-refractivity contribution in [3.05, 3.63) is 29.6 Å². The van der Waals surface area contributed by atoms with Crippen molar-refractivity contribution < 1.29 is 18.0 Å². The van der Waals surface area contributed by atoms with Gasteiger partial charge in [-0.2, -0.15) is 13.2 Å². The van der Waals surface area contributed by atoms with E-state index >= 15 is 0 Å². The highest BCUT2D eigenvalue weighted by Gasteiger charge is 2.33. The lowest BCUT2D eigenvalue weighted by molar-refractivity contribution is -0.138. The Bertz CT molecular complexity index is 462. The number of nitrogens with one attached hydrogen (secondary N) is 1. The van der Waals surface area contributed by atoms with Gasteiger partial charge in [0.1, 0.15) is 0 Å². The fraction of sp³-hybridized carbons (Fsp3) is 0.300. The van der Waals surface area contributed by atoms with Gasteiger partial charge in [0, 0.05) is 12.4 Å². The highest BCUT2D eigenvalue weighted by Crippen LogP contribution is 2.31. The number of hydrogen-bond donors (Lipinski definition) is 2. The topological polar surface area (TPSA) is 68.0 Å². The second-order valence-electron chi connectivity index (χ2n) is 3.45. The van der Waals surface area contributed by atoms with Gasteiger partial charge in [-0.3, -0.25) is 9.78 Å². The summed E-state index contributed by atoms with van der Waals surface area (Å²) in [5.41, 5.74) is 4.10. The number of carbonyl (C=O) groups excluding carboxylic acids is 1. The number of thiocarbonyl (C=S) groups is 1. The largest absolute Gasteiger partial charge is 0.416 e. The summed E-state index contributed by atoms with van der Waals surface area (Å²) in [4.78, 5) is 15.0. The molecular weight excluding hydrogens is 267 g/mol. The van der Waals surface area contributed by atoms with Crippen LogP contribution >= 0.6 is 12.2 Å². The number of rotatable bonds is 4. The molecule has 0 saturated heterocycles. The van der Waals surface area contributed by atoms with Crippen LogP contribution in [0.2, 0.25) is 0 Å². The van der Waals surface area contributed by atoms with Crippen LogP contribution in [0, 0.1) is 0 Å². The van der Waals surface area contributed by atoms with E-state index in [0.29, 0.717) is 0 Å². The molecule has 1 amide bonds. The first-order chi connectivity index (χ1) is 8.30. The summed E-state index contributed by atoms with van der Waals surface area (Å²) in [6.07, 6.45) is -2.89. The summed E-state index contributed by atoms with van der Waals surface area (Å²) >= 11 is 4.53. The quantitative estimate of drug-likeness (QED) is 0.807. The maximum Gasteiger partial charge on any atom is 0.416 e. The van der Waals surface area contributed by atoms with Gasteiger partial charge in [0.25, 0.3) is 0 Å². The Kier molecular flexibility index (Phi) is 4.60. The molecule has 0 saturated carbocycles. The Morgan fingerprint density at radius 3 is 2.72 bits per heavy atom. The van der Waals surface area contributed by atoms with Crippen molar-refractivity contribution in [1.82, 2.24) is 10.3 Å². The first kappa shape index (κ1) is 14.4. The highest BCUT2D eigenvalue weighted by atomic mass is 32.1. The number of nitrogens with zero attached hydrogens (tertiary/aromatic N) is 1. The molecule has 0 fully saturated rings. The third kappa shape index (κ3) is 4.28. The van der Waals surface area contributed by atoms with Crippen LogP contribution in [-0.2, 0) is 17.4 Å². The number of pyridine rings is 1. The van der Waals surface area contributed by atoms with Crippen molar-refractivity contribution >= 4 is 23.1 Å². The Hall–Kier alpha value is -1.70. The minimum Gasteiger partial charge on any atom is -0.392 e. The van der Waals surface area contributed by atoms with E-state index < -0.39 is 24.1 Å². The van der Waals surface area contributed by atoms with E-state index in [1.54, 1.807) is 0 Å². The molecule has 0 aliphatic carbocycles. The van der Waals surface area contributed by atoms with Gasteiger partial charge in [0.05, 0.1) is 23.5 Å². The van der Waals surface area contributed by atoms with Gasteiger partial charge in [0.15, 0.2) is 0 Å². The fourth-order valence-corrected chi connectivity index (χ4v) is 1.34. The molecule has 98 valence electrons. The highest BCUT2D eigenvalue weighted by molar-refractivity contribution is 7.80. The van der Waals surface area contributed by atoms with Gasteiger partial charge in [-0.1, -0.05) is 12.2 Å². The summed E-state index contributed by atoms with van der Waals surface area (Å²) in [5, 5.41) is 2.31. The van der Waals surface area contributed by atoms with Crippen LogP contribution in [-0.4, -0.2) is 22.4 Å². The molecule has 0 aliphatic rings. The fourth-order valence-electron chi connectivity index (χ4n) is 1.27. The number of carbonyl (C=O) groups is 1. The zero-order valence-electron chi connectivity index (χ0n) is 9.12. The normalized spacial score (nSPS) is 11.1. The van der Waals surface area contributed by atoms with Gasteiger partial charge in [-0.05, 0) is 11.6 Å². The second kappa shape index (κ2) is 5.76. The molecule has 0 radical (unpaired) electrons. The molecule has 0 unspecified atom stereocenters. The minimum absolute atomic E-state index is 0.0459. The maximum atomic E-state index is 12.6. The van der Waals surface area contributed by atoms with E-state index in [0.717, 1.165) is 18.5 Å². The van der Waals surface area contributed by atoms with Crippen LogP contribution in [0.25, 0.3) is 0 Å². The van der Waals surface area contributed by atoms with E-state index in [4.69, 9.17) is 5.73 Å². The monoisotopic (exact) mass is 277 g/mol. The maximum absolute atomic E-state index is 12.6. The second-order valence-corrected chi connectivity index (χ2v) is 3.97. The number of hydrogen-bond acceptors (Lipinski definition) is 3. The van der Waals surface area contributed by atoms with Crippen molar-refractivity contribution in [2.24, 2.45) is 5.73 Å². The van der Waals surface area contributed by atoms with Gasteiger partial charge in [0.2, 0.25) is 5.91 Å². The van der Waals surface area contributed by atoms with E-state index in [9.17, 15) is 18.0 Å². The lowest BCUT2D eigenvalue weighted by Crippen LogP contribution is -2.33. The average molecular weight is 277 g/mol. The summed E-state index contributed by atoms with van der Waals surface area (Å²) in [6, 6.07) is 0.830. The molecule has 3 N–H and O–H groups in total. The van der Waals surface area contributed by atoms with Gasteiger partial charge >= 0.3 is 6.18 Å². The molecule has 0 bridgehead atoms. The number of alkyl halides is 3. The first-order valence-corrected chi connectivity index (χ1v) is 5.26. The molecule has 8 heteroatoms. The molecule has 0 aliphatic heterocycles. The van der Waals surface area contributed by atoms with Gasteiger partial charge in [-0.25, -0.2) is 0 Å². The molecule has 1 aromatic rings. The lowest BCUT2D eigenvalue weighted by atomic mass is 10.1. The molecule has 0 atom stereocenters. The standard InChI is InChI=1S/C10H10F3N3OS/c11-10(12,13)7-1-2-15-4-6(7)3-9(17)16-5-8(14)18/h1-2,4H,3,5H2,(H2,14,18)(H,16,17). The first-order valence-electron chi connectivity index (χ1n) is 4.86. The third-order valence-corrected chi connectivity index (χ3v) is 2.16. The van der Waals surface area contributed by atoms with E-state index in [2.05, 4.69) is 22.5 Å². The smallest absolute Gasteiger partial charge is 0.392 e. The van der Waals surface area contributed by atoms with Crippen LogP contribution in [0.15, 0.2) is 18.5 Å². The minimum atomic E-state index is -4.51. The van der Waals surface area contributed by atoms with Crippen LogP contribution in [0.3, 0.4) is 0 Å². The van der Waals surface area contributed by atoms with Crippen molar-refractivity contribution in [3.8, 4) is 0 Å². The van der Waals surface area contributed by atoms with E-state index in [1.165, 1.54) is 0 Å². The molecule has 1 rings (SSSR count). The van der Waals surface area contributed by atoms with Crippen LogP contribution in [0.5, 0.6) is 0 Å². The molecule has 18 heavy (non-hydrogen) atoms. The van der Waals surface area contributed by atoms with E-state index in [1.807, 2.05) is 0 Å². The molecule has 1 aromatic heterocycles. The van der Waals surface area contributed by atoms with Crippen LogP contribution < -0.4 is 11.1 Å². The molecule has 0 spiro atoms. The van der Waals surface area contributed by atoms with Crippen molar-refractivity contribution in [1.29, 1.82) is 0 Å². The van der Waals surface area contributed by atoms with Gasteiger partial charge < -0.3 is 11.1 Å². The third-order valence-electron chi connectivity index (χ3n) is 2.02. The van der Waals surface area contributed by atoms with Crippen molar-refractivity contribution in [3.63, 3.8) is 0 Å². The molecule has 4 nitrogen and oxygen atoms in total. The van der Waals surface area contributed by atoms with Crippen LogP contribution in [0.1, 0.15) is 11.1 Å². The number of aromatic nitrogens is 1. The van der Waals surface area contributed by atoms with Crippen molar-refractivity contribution in [2.75, 3.05) is 6.54 Å². The van der Waals surface area contributed by atoms with E-state index in [-0.39, 0.29) is 17.1 Å². The van der Waals surface area contributed by atoms with Gasteiger partial charge in [-0.15, -0.1) is 0 Å². The predicted octanol–water partition coefficient (Wildman–Crippen LogP) is 1.05. The number of nitrogens with two attached hydrogens (primary N) is 1. The molecule has 0 aromatic carbocycles. The Balaban J connectivity index is 2.79. The number of amides is 1. The molecular formula is C10H10F3N3OS. The Labute approximate surface area is 106 Å². The summed E-state index contributed by atoms with van der Waals surface area (Å²) in [5.74, 6) is -0.596. The number of halogens is 3. The zero-order valence-corrected chi connectivity index (χ0v) is 9.94. The predicted molar refractivity (Wildman–Crippen MR) is 62.7 cm³/mol. The summed E-state index contributed by atoms with van der Waals surface area (Å²) in [7, 11) is 0. The lowest BCUT2D eigenvalue weighted by Gasteiger charge is -2.11. The van der Waals surface area contributed by atoms with Crippen molar-refractivity contribution in [2.45, 2.75) is 12.6 Å². The molecule has 1 heterocycles. The summed E-state index contributed by atoms with van der Waals surface area (Å²) < 4.78 is 37.8. The SMILES string of the molecule is NC(=S)CNC(=O)Cc1cnccc1C(F)(F)F. The summed E-state index contributed by atoms with van der Waals surface area (Å²) in [6.45, 7) is -0.0459. The average Bonchev–Trinajstić information content (AvgIpc) is 2.25. The Morgan fingerprint density at radius 1 is 1.50 bits per heavy atom. The zero-order chi connectivity index (χ0) is 13.8. The Morgan fingerprint density at radius 2 is 2.17 bits per heavy atom. The van der Waals surface area contributed by atoms with Crippen LogP contribution in [0.4, 0.5) is 13.2 Å².